The average molecular weight is 694 g/mol. The number of halogens is 4. The molecule has 0 aliphatic heterocycles. The highest BCUT2D eigenvalue weighted by molar-refractivity contribution is 9.10. The van der Waals surface area contributed by atoms with Gasteiger partial charge < -0.3 is 19.5 Å². The number of rotatable bonds is 4. The van der Waals surface area contributed by atoms with Gasteiger partial charge in [-0.25, -0.2) is 4.39 Å². The van der Waals surface area contributed by atoms with Gasteiger partial charge in [0.2, 0.25) is 0 Å². The highest BCUT2D eigenvalue weighted by Gasteiger charge is 2.16. The molecule has 224 valence electrons. The molecule has 0 atom stereocenters. The second kappa shape index (κ2) is 15.4. The summed E-state index contributed by atoms with van der Waals surface area (Å²) in [5.41, 5.74) is 3.19. The molecular weight excluding hydrogens is 665 g/mol. The Bertz CT molecular complexity index is 1900. The van der Waals surface area contributed by atoms with Gasteiger partial charge in [-0.2, -0.15) is 0 Å². The van der Waals surface area contributed by atoms with Crippen LogP contribution in [0.4, 0.5) is 4.39 Å². The Morgan fingerprint density at radius 1 is 0.682 bits per heavy atom. The average Bonchev–Trinajstić information content (AvgIpc) is 3.03. The minimum absolute atomic E-state index is 0.211. The lowest BCUT2D eigenvalue weighted by molar-refractivity contribution is 0.413. The third-order valence-electron chi connectivity index (χ3n) is 6.86. The van der Waals surface area contributed by atoms with Crippen LogP contribution in [0.1, 0.15) is 5.56 Å². The minimum Gasteiger partial charge on any atom is -0.496 e. The van der Waals surface area contributed by atoms with Crippen molar-refractivity contribution < 1.29 is 23.9 Å². The lowest BCUT2D eigenvalue weighted by atomic mass is 9.80. The first-order valence-corrected chi connectivity index (χ1v) is 15.0. The summed E-state index contributed by atoms with van der Waals surface area (Å²) in [5, 5.41) is 23.0. The van der Waals surface area contributed by atoms with Crippen LogP contribution in [0.15, 0.2) is 114 Å². The summed E-state index contributed by atoms with van der Waals surface area (Å²) in [6, 6.07) is 34.2. The molecular formula is C35H29BBrCl2FO4. The normalized spacial score (nSPS) is 10.4. The summed E-state index contributed by atoms with van der Waals surface area (Å²) in [4.78, 5) is 0. The van der Waals surface area contributed by atoms with Crippen LogP contribution in [-0.4, -0.2) is 31.4 Å². The van der Waals surface area contributed by atoms with E-state index >= 15 is 0 Å². The zero-order valence-corrected chi connectivity index (χ0v) is 27.3. The largest absolute Gasteiger partial charge is 0.496 e. The topological polar surface area (TPSA) is 58.9 Å². The van der Waals surface area contributed by atoms with E-state index < -0.39 is 12.9 Å². The van der Waals surface area contributed by atoms with Crippen LogP contribution in [0.3, 0.4) is 0 Å². The molecule has 0 spiro atoms. The molecule has 9 heteroatoms. The van der Waals surface area contributed by atoms with Gasteiger partial charge in [0.05, 0.1) is 18.7 Å². The predicted octanol–water partition coefficient (Wildman–Crippen LogP) is 9.25. The van der Waals surface area contributed by atoms with E-state index in [-0.39, 0.29) is 10.5 Å². The second-order valence-electron chi connectivity index (χ2n) is 9.67. The fourth-order valence-electron chi connectivity index (χ4n) is 4.65. The van der Waals surface area contributed by atoms with Gasteiger partial charge in [0.25, 0.3) is 0 Å². The van der Waals surface area contributed by atoms with Gasteiger partial charge in [-0.1, -0.05) is 89.9 Å². The molecule has 0 saturated carbocycles. The van der Waals surface area contributed by atoms with Crippen molar-refractivity contribution in [1.29, 1.82) is 0 Å². The Kier molecular flexibility index (Phi) is 11.7. The van der Waals surface area contributed by atoms with Gasteiger partial charge >= 0.3 is 7.12 Å². The first kappa shape index (κ1) is 33.3. The molecule has 0 radical (unpaired) electrons. The first-order chi connectivity index (χ1) is 21.1. The number of methoxy groups -OCH3 is 2. The number of hydrogen-bond acceptors (Lipinski definition) is 4. The molecule has 6 aromatic rings. The number of hydrogen-bond donors (Lipinski definition) is 2. The molecule has 44 heavy (non-hydrogen) atoms. The van der Waals surface area contributed by atoms with Crippen LogP contribution < -0.4 is 14.9 Å². The van der Waals surface area contributed by atoms with Gasteiger partial charge in [0.1, 0.15) is 17.3 Å². The maximum Gasteiger partial charge on any atom is 0.491 e. The summed E-state index contributed by atoms with van der Waals surface area (Å²) >= 11 is 15.2. The van der Waals surface area contributed by atoms with E-state index in [0.29, 0.717) is 0 Å². The SMILES string of the molecule is COc1ccc2ccccc2c1-c1cc(Cl)ccc1C.COc1ccc2ccccc2c1Br.OB(O)c1cc(Cl)ccc1F. The van der Waals surface area contributed by atoms with Crippen molar-refractivity contribution in [2.45, 2.75) is 6.92 Å². The molecule has 6 aromatic carbocycles. The molecule has 0 aliphatic carbocycles. The van der Waals surface area contributed by atoms with E-state index in [4.69, 9.17) is 42.7 Å². The van der Waals surface area contributed by atoms with Crippen LogP contribution >= 0.6 is 39.1 Å². The minimum atomic E-state index is -1.81. The standard InChI is InChI=1S/C18H15ClO.C11H9BrO.C6H5BClFO2/c1-12-7-9-14(19)11-16(12)18-15-6-4-3-5-13(15)8-10-17(18)20-2;1-13-10-7-6-8-4-2-3-5-9(8)11(10)12;8-4-1-2-6(9)5(3-4)7(10)11/h3-11H,1-2H3;2-7H,1H3;1-3,10-11H. The second-order valence-corrected chi connectivity index (χ2v) is 11.3. The van der Waals surface area contributed by atoms with Crippen LogP contribution in [0.2, 0.25) is 10.0 Å². The molecule has 0 bridgehead atoms. The summed E-state index contributed by atoms with van der Waals surface area (Å²) < 4.78 is 24.4. The molecule has 0 heterocycles. The molecule has 0 aliphatic rings. The number of fused-ring (bicyclic) bond motifs is 2. The van der Waals surface area contributed by atoms with E-state index in [1.54, 1.807) is 14.2 Å². The van der Waals surface area contributed by atoms with E-state index in [1.807, 2.05) is 54.6 Å². The molecule has 0 unspecified atom stereocenters. The summed E-state index contributed by atoms with van der Waals surface area (Å²) in [6.07, 6.45) is 0. The fraction of sp³-hybridized carbons (Fsp3) is 0.0857. The van der Waals surface area contributed by atoms with Crippen molar-refractivity contribution in [3.8, 4) is 22.6 Å². The maximum absolute atomic E-state index is 12.6. The Morgan fingerprint density at radius 3 is 1.84 bits per heavy atom. The summed E-state index contributed by atoms with van der Waals surface area (Å²) in [6.45, 7) is 2.09. The zero-order chi connectivity index (χ0) is 31.8. The van der Waals surface area contributed by atoms with E-state index in [0.717, 1.165) is 38.2 Å². The van der Waals surface area contributed by atoms with Crippen LogP contribution in [-0.2, 0) is 0 Å². The third-order valence-corrected chi connectivity index (χ3v) is 8.15. The van der Waals surface area contributed by atoms with E-state index in [1.165, 1.54) is 39.2 Å². The summed E-state index contributed by atoms with van der Waals surface area (Å²) in [7, 11) is 1.57. The van der Waals surface area contributed by atoms with Crippen molar-refractivity contribution in [1.82, 2.24) is 0 Å². The Hall–Kier alpha value is -3.59. The van der Waals surface area contributed by atoms with Crippen molar-refractivity contribution in [2.24, 2.45) is 0 Å². The van der Waals surface area contributed by atoms with Crippen LogP contribution in [0.25, 0.3) is 32.7 Å². The number of aryl methyl sites for hydroxylation is 1. The number of ether oxygens (including phenoxy) is 2. The first-order valence-electron chi connectivity index (χ1n) is 13.5. The molecule has 6 rings (SSSR count). The highest BCUT2D eigenvalue weighted by Crippen LogP contribution is 2.39. The third kappa shape index (κ3) is 7.92. The van der Waals surface area contributed by atoms with Gasteiger partial charge in [0, 0.05) is 21.1 Å². The van der Waals surface area contributed by atoms with Gasteiger partial charge in [0.15, 0.2) is 0 Å². The van der Waals surface area contributed by atoms with Crippen LogP contribution in [0.5, 0.6) is 11.5 Å². The smallest absolute Gasteiger partial charge is 0.491 e. The Labute approximate surface area is 274 Å². The Morgan fingerprint density at radius 2 is 1.23 bits per heavy atom. The fourth-order valence-corrected chi connectivity index (χ4v) is 5.65. The molecule has 4 nitrogen and oxygen atoms in total. The van der Waals surface area contributed by atoms with Crippen LogP contribution in [0, 0.1) is 12.7 Å². The van der Waals surface area contributed by atoms with Gasteiger partial charge in [-0.15, -0.1) is 0 Å². The molecule has 0 aromatic heterocycles. The van der Waals surface area contributed by atoms with Gasteiger partial charge in [-0.05, 0) is 98.0 Å². The highest BCUT2D eigenvalue weighted by atomic mass is 79.9. The monoisotopic (exact) mass is 692 g/mol. The Balaban J connectivity index is 0.000000160. The van der Waals surface area contributed by atoms with Crippen molar-refractivity contribution in [2.75, 3.05) is 14.2 Å². The summed E-state index contributed by atoms with van der Waals surface area (Å²) in [5.74, 6) is 1.07. The predicted molar refractivity (Wildman–Crippen MR) is 185 cm³/mol. The molecule has 0 amide bonds. The zero-order valence-electron chi connectivity index (χ0n) is 24.2. The quantitative estimate of drug-likeness (QED) is 0.181. The lowest BCUT2D eigenvalue weighted by Gasteiger charge is -2.14. The van der Waals surface area contributed by atoms with Crippen molar-refractivity contribution in [3.63, 3.8) is 0 Å². The molecule has 0 fully saturated rings. The van der Waals surface area contributed by atoms with Crippen molar-refractivity contribution >= 4 is 73.3 Å². The maximum atomic E-state index is 12.6. The molecule has 2 N–H and O–H groups in total. The van der Waals surface area contributed by atoms with E-state index in [9.17, 15) is 4.39 Å². The number of benzene rings is 6. The van der Waals surface area contributed by atoms with Gasteiger partial charge in [-0.3, -0.25) is 0 Å². The van der Waals surface area contributed by atoms with Crippen molar-refractivity contribution in [3.05, 3.63) is 135 Å². The van der Waals surface area contributed by atoms with E-state index in [2.05, 4.69) is 59.3 Å². The molecule has 0 saturated heterocycles. The lowest BCUT2D eigenvalue weighted by Crippen LogP contribution is -2.32.